The van der Waals surface area contributed by atoms with E-state index in [-0.39, 0.29) is 12.3 Å². The molecule has 1 heterocycles. The molecule has 22 heavy (non-hydrogen) atoms. The Morgan fingerprint density at radius 1 is 1.32 bits per heavy atom. The second-order valence-electron chi connectivity index (χ2n) is 4.22. The lowest BCUT2D eigenvalue weighted by Gasteiger charge is -2.07. The van der Waals surface area contributed by atoms with Crippen LogP contribution in [0.15, 0.2) is 51.9 Å². The Kier molecular flexibility index (Phi) is 5.74. The minimum atomic E-state index is -1.24. The number of halogens is 1. The van der Waals surface area contributed by atoms with Crippen molar-refractivity contribution in [3.63, 3.8) is 0 Å². The molecule has 2 N–H and O–H groups in total. The Balaban J connectivity index is 1.97. The molecular weight excluding hydrogens is 370 g/mol. The van der Waals surface area contributed by atoms with Gasteiger partial charge in [0.2, 0.25) is 0 Å². The van der Waals surface area contributed by atoms with Gasteiger partial charge in [-0.15, -0.1) is 11.3 Å². The summed E-state index contributed by atoms with van der Waals surface area (Å²) < 4.78 is 5.84. The van der Waals surface area contributed by atoms with Crippen LogP contribution in [0.2, 0.25) is 0 Å². The van der Waals surface area contributed by atoms with Gasteiger partial charge in [-0.3, -0.25) is 5.32 Å². The molecule has 0 saturated carbocycles. The molecule has 0 fully saturated rings. The zero-order valence-corrected chi connectivity index (χ0v) is 13.7. The van der Waals surface area contributed by atoms with E-state index in [0.29, 0.717) is 4.88 Å². The van der Waals surface area contributed by atoms with Gasteiger partial charge in [0.15, 0.2) is 0 Å². The van der Waals surface area contributed by atoms with Crippen LogP contribution in [-0.2, 0) is 16.1 Å². The average molecular weight is 382 g/mol. The van der Waals surface area contributed by atoms with E-state index in [1.54, 1.807) is 6.07 Å². The van der Waals surface area contributed by atoms with Gasteiger partial charge >= 0.3 is 12.1 Å². The zero-order valence-electron chi connectivity index (χ0n) is 11.3. The van der Waals surface area contributed by atoms with Crippen LogP contribution in [0.25, 0.3) is 6.08 Å². The van der Waals surface area contributed by atoms with E-state index in [4.69, 9.17) is 9.84 Å². The lowest BCUT2D eigenvalue weighted by Crippen LogP contribution is -2.27. The van der Waals surface area contributed by atoms with Crippen molar-refractivity contribution in [2.75, 3.05) is 0 Å². The molecule has 0 saturated heterocycles. The number of carbonyl (C=O) groups is 2. The first-order chi connectivity index (χ1) is 10.5. The Labute approximate surface area is 139 Å². The second-order valence-corrected chi connectivity index (χ2v) is 6.08. The molecule has 2 aromatic rings. The van der Waals surface area contributed by atoms with Crippen LogP contribution in [0.3, 0.4) is 0 Å². The fraction of sp³-hybridized carbons (Fsp3) is 0.0667. The molecule has 0 unspecified atom stereocenters. The minimum Gasteiger partial charge on any atom is -0.477 e. The molecular formula is C15H12BrNO4S. The van der Waals surface area contributed by atoms with Gasteiger partial charge in [0.1, 0.15) is 12.3 Å². The third-order valence-electron chi connectivity index (χ3n) is 2.55. The van der Waals surface area contributed by atoms with Crippen LogP contribution in [-0.4, -0.2) is 17.2 Å². The lowest BCUT2D eigenvalue weighted by molar-refractivity contribution is -0.132. The Morgan fingerprint density at radius 3 is 2.64 bits per heavy atom. The number of aliphatic carboxylic acids is 1. The van der Waals surface area contributed by atoms with Crippen molar-refractivity contribution in [3.05, 3.63) is 62.4 Å². The molecule has 7 heteroatoms. The van der Waals surface area contributed by atoms with E-state index in [1.807, 2.05) is 35.7 Å². The van der Waals surface area contributed by atoms with Crippen molar-refractivity contribution >= 4 is 45.4 Å². The molecule has 114 valence electrons. The Morgan fingerprint density at radius 2 is 2.05 bits per heavy atom. The predicted molar refractivity (Wildman–Crippen MR) is 87.4 cm³/mol. The SMILES string of the molecule is O=C(N/C(=C/c1cc(Br)cs1)C(=O)O)OCc1ccccc1. The summed E-state index contributed by atoms with van der Waals surface area (Å²) in [7, 11) is 0. The summed E-state index contributed by atoms with van der Waals surface area (Å²) in [4.78, 5) is 23.6. The first kappa shape index (κ1) is 16.3. The van der Waals surface area contributed by atoms with E-state index in [2.05, 4.69) is 21.2 Å². The highest BCUT2D eigenvalue weighted by Gasteiger charge is 2.13. The number of thiophene rings is 1. The highest BCUT2D eigenvalue weighted by molar-refractivity contribution is 9.10. The third kappa shape index (κ3) is 5.01. The van der Waals surface area contributed by atoms with E-state index in [9.17, 15) is 9.59 Å². The molecule has 0 atom stereocenters. The number of carbonyl (C=O) groups excluding carboxylic acids is 1. The maximum Gasteiger partial charge on any atom is 0.412 e. The Hall–Kier alpha value is -2.12. The summed E-state index contributed by atoms with van der Waals surface area (Å²) >= 11 is 4.64. The van der Waals surface area contributed by atoms with Gasteiger partial charge < -0.3 is 9.84 Å². The number of alkyl carbamates (subject to hydrolysis) is 1. The van der Waals surface area contributed by atoms with Gasteiger partial charge in [-0.25, -0.2) is 9.59 Å². The molecule has 0 spiro atoms. The number of carboxylic acids is 1. The van der Waals surface area contributed by atoms with E-state index in [0.717, 1.165) is 10.0 Å². The summed E-state index contributed by atoms with van der Waals surface area (Å²) in [6, 6.07) is 10.9. The van der Waals surface area contributed by atoms with Gasteiger partial charge in [0.05, 0.1) is 0 Å². The van der Waals surface area contributed by atoms with Gasteiger partial charge in [0.25, 0.3) is 0 Å². The number of amides is 1. The lowest BCUT2D eigenvalue weighted by atomic mass is 10.2. The predicted octanol–water partition coefficient (Wildman–Crippen LogP) is 3.86. The van der Waals surface area contributed by atoms with Crippen LogP contribution < -0.4 is 5.32 Å². The normalized spacial score (nSPS) is 11.0. The monoisotopic (exact) mass is 381 g/mol. The summed E-state index contributed by atoms with van der Waals surface area (Å²) in [6.45, 7) is 0.0735. The molecule has 2 rings (SSSR count). The van der Waals surface area contributed by atoms with Crippen molar-refractivity contribution < 1.29 is 19.4 Å². The molecule has 0 aliphatic carbocycles. The number of ether oxygens (including phenoxy) is 1. The highest BCUT2D eigenvalue weighted by Crippen LogP contribution is 2.21. The molecule has 1 aromatic carbocycles. The largest absolute Gasteiger partial charge is 0.477 e. The maximum absolute atomic E-state index is 11.7. The number of hydrogen-bond acceptors (Lipinski definition) is 4. The van der Waals surface area contributed by atoms with Crippen LogP contribution in [0.5, 0.6) is 0 Å². The molecule has 0 radical (unpaired) electrons. The number of benzene rings is 1. The van der Waals surface area contributed by atoms with E-state index in [1.165, 1.54) is 17.4 Å². The molecule has 5 nitrogen and oxygen atoms in total. The van der Waals surface area contributed by atoms with Gasteiger partial charge in [0, 0.05) is 14.7 Å². The van der Waals surface area contributed by atoms with Crippen molar-refractivity contribution in [2.45, 2.75) is 6.61 Å². The summed E-state index contributed by atoms with van der Waals surface area (Å²) in [5.41, 5.74) is 0.577. The van der Waals surface area contributed by atoms with Crippen LogP contribution in [0, 0.1) is 0 Å². The molecule has 0 aliphatic rings. The summed E-state index contributed by atoms with van der Waals surface area (Å²) in [6.07, 6.45) is 0.565. The van der Waals surface area contributed by atoms with E-state index >= 15 is 0 Å². The van der Waals surface area contributed by atoms with Crippen LogP contribution in [0.4, 0.5) is 4.79 Å². The summed E-state index contributed by atoms with van der Waals surface area (Å²) in [5, 5.41) is 13.2. The quantitative estimate of drug-likeness (QED) is 0.770. The smallest absolute Gasteiger partial charge is 0.412 e. The molecule has 0 aliphatic heterocycles. The first-order valence-corrected chi connectivity index (χ1v) is 7.88. The van der Waals surface area contributed by atoms with Crippen molar-refractivity contribution in [3.8, 4) is 0 Å². The zero-order chi connectivity index (χ0) is 15.9. The fourth-order valence-corrected chi connectivity index (χ4v) is 2.94. The van der Waals surface area contributed by atoms with Crippen LogP contribution in [0.1, 0.15) is 10.4 Å². The minimum absolute atomic E-state index is 0.0735. The van der Waals surface area contributed by atoms with E-state index < -0.39 is 12.1 Å². The molecule has 1 amide bonds. The maximum atomic E-state index is 11.7. The molecule has 0 bridgehead atoms. The van der Waals surface area contributed by atoms with Crippen molar-refractivity contribution in [1.29, 1.82) is 0 Å². The fourth-order valence-electron chi connectivity index (χ4n) is 1.57. The van der Waals surface area contributed by atoms with Gasteiger partial charge in [-0.2, -0.15) is 0 Å². The van der Waals surface area contributed by atoms with Crippen molar-refractivity contribution in [1.82, 2.24) is 5.32 Å². The standard InChI is InChI=1S/C15H12BrNO4S/c16-11-6-12(22-9-11)7-13(14(18)19)17-15(20)21-8-10-4-2-1-3-5-10/h1-7,9H,8H2,(H,17,20)(H,18,19)/b13-7+. The average Bonchev–Trinajstić information content (AvgIpc) is 2.91. The van der Waals surface area contributed by atoms with Gasteiger partial charge in [-0.1, -0.05) is 30.3 Å². The van der Waals surface area contributed by atoms with Crippen LogP contribution >= 0.6 is 27.3 Å². The number of nitrogens with one attached hydrogen (secondary N) is 1. The second kappa shape index (κ2) is 7.77. The van der Waals surface area contributed by atoms with Crippen molar-refractivity contribution in [2.24, 2.45) is 0 Å². The molecule has 1 aromatic heterocycles. The topological polar surface area (TPSA) is 75.6 Å². The summed E-state index contributed by atoms with van der Waals surface area (Å²) in [5.74, 6) is -1.24. The number of carboxylic acid groups (broad SMARTS) is 1. The number of hydrogen-bond donors (Lipinski definition) is 2. The first-order valence-electron chi connectivity index (χ1n) is 6.21. The Bertz CT molecular complexity index is 697. The third-order valence-corrected chi connectivity index (χ3v) is 4.19. The number of rotatable bonds is 5. The van der Waals surface area contributed by atoms with Gasteiger partial charge in [-0.05, 0) is 33.6 Å². The highest BCUT2D eigenvalue weighted by atomic mass is 79.9.